The number of ether oxygens (including phenoxy) is 1. The molecule has 0 radical (unpaired) electrons. The molecule has 0 spiro atoms. The molecule has 2 aromatic carbocycles. The summed E-state index contributed by atoms with van der Waals surface area (Å²) in [5.74, 6) is 0.141. The van der Waals surface area contributed by atoms with Gasteiger partial charge in [-0.15, -0.1) is 0 Å². The largest absolute Gasteiger partial charge is 0.367 e. The van der Waals surface area contributed by atoms with Gasteiger partial charge in [-0.2, -0.15) is 0 Å². The summed E-state index contributed by atoms with van der Waals surface area (Å²) < 4.78 is 46.1. The first-order valence-electron chi connectivity index (χ1n) is 11.0. The van der Waals surface area contributed by atoms with Crippen LogP contribution < -0.4 is 4.72 Å². The monoisotopic (exact) mass is 446 g/mol. The van der Waals surface area contributed by atoms with Crippen LogP contribution in [0.15, 0.2) is 48.5 Å². The molecule has 0 bridgehead atoms. The van der Waals surface area contributed by atoms with Gasteiger partial charge in [-0.25, -0.2) is 17.5 Å². The van der Waals surface area contributed by atoms with Crippen molar-refractivity contribution in [3.8, 4) is 11.1 Å². The summed E-state index contributed by atoms with van der Waals surface area (Å²) in [4.78, 5) is 2.46. The summed E-state index contributed by atoms with van der Waals surface area (Å²) in [6, 6.07) is 14.7. The van der Waals surface area contributed by atoms with E-state index in [0.29, 0.717) is 0 Å². The van der Waals surface area contributed by atoms with Crippen molar-refractivity contribution in [2.45, 2.75) is 44.2 Å². The second kappa shape index (κ2) is 9.77. The third kappa shape index (κ3) is 5.71. The summed E-state index contributed by atoms with van der Waals surface area (Å²) in [5.41, 5.74) is 2.94. The maximum absolute atomic E-state index is 13.7. The molecule has 0 unspecified atom stereocenters. The number of benzene rings is 2. The minimum absolute atomic E-state index is 0.0926. The standard InChI is InChI=1S/C24H31FN2O3S/c1-30-17-31(28,29)26-23-11-12-27(16-18-5-2-6-18)24(23)14-19-7-3-8-20(13-19)21-9-4-10-22(25)15-21/h3-4,7-10,13,15,18,23-24,26H,2,5-6,11-12,14,16-17H2,1H3/t23-,24-/m0/s1. The van der Waals surface area contributed by atoms with E-state index in [2.05, 4.69) is 21.8 Å². The van der Waals surface area contributed by atoms with Crippen molar-refractivity contribution in [1.29, 1.82) is 0 Å². The van der Waals surface area contributed by atoms with Crippen LogP contribution in [-0.2, 0) is 21.2 Å². The summed E-state index contributed by atoms with van der Waals surface area (Å²) in [7, 11) is -2.09. The van der Waals surface area contributed by atoms with E-state index in [1.165, 1.54) is 32.4 Å². The highest BCUT2D eigenvalue weighted by Gasteiger charge is 2.38. The lowest BCUT2D eigenvalue weighted by Gasteiger charge is -2.35. The molecule has 5 nitrogen and oxygen atoms in total. The van der Waals surface area contributed by atoms with Gasteiger partial charge >= 0.3 is 0 Å². The molecular formula is C24H31FN2O3S. The topological polar surface area (TPSA) is 58.6 Å². The zero-order valence-corrected chi connectivity index (χ0v) is 18.8. The van der Waals surface area contributed by atoms with Gasteiger partial charge < -0.3 is 4.74 Å². The SMILES string of the molecule is COCS(=O)(=O)N[C@H]1CCN(CC2CCC2)[C@H]1Cc1cccc(-c2cccc(F)c2)c1. The summed E-state index contributed by atoms with van der Waals surface area (Å²) >= 11 is 0. The molecule has 2 aliphatic rings. The third-order valence-corrected chi connectivity index (χ3v) is 7.72. The van der Waals surface area contributed by atoms with Crippen LogP contribution in [0.4, 0.5) is 4.39 Å². The molecule has 2 atom stereocenters. The van der Waals surface area contributed by atoms with E-state index in [4.69, 9.17) is 4.74 Å². The molecule has 0 aromatic heterocycles. The van der Waals surface area contributed by atoms with E-state index < -0.39 is 10.0 Å². The Morgan fingerprint density at radius 3 is 2.52 bits per heavy atom. The van der Waals surface area contributed by atoms with Crippen LogP contribution in [-0.4, -0.2) is 51.5 Å². The number of sulfonamides is 1. The molecule has 1 heterocycles. The van der Waals surface area contributed by atoms with Crippen LogP contribution >= 0.6 is 0 Å². The number of nitrogens with zero attached hydrogens (tertiary/aromatic N) is 1. The van der Waals surface area contributed by atoms with Crippen molar-refractivity contribution >= 4 is 10.0 Å². The van der Waals surface area contributed by atoms with Crippen molar-refractivity contribution in [1.82, 2.24) is 9.62 Å². The lowest BCUT2D eigenvalue weighted by Crippen LogP contribution is -2.48. The Hall–Kier alpha value is -1.80. The van der Waals surface area contributed by atoms with Crippen LogP contribution in [0.25, 0.3) is 11.1 Å². The Bertz CT molecular complexity index is 994. The minimum atomic E-state index is -3.48. The molecule has 31 heavy (non-hydrogen) atoms. The molecule has 1 saturated carbocycles. The molecule has 1 saturated heterocycles. The van der Waals surface area contributed by atoms with E-state index >= 15 is 0 Å². The highest BCUT2D eigenvalue weighted by atomic mass is 32.2. The number of hydrogen-bond acceptors (Lipinski definition) is 4. The molecule has 168 valence electrons. The molecule has 1 aliphatic heterocycles. The Kier molecular flexibility index (Phi) is 7.06. The average Bonchev–Trinajstić information content (AvgIpc) is 3.05. The predicted octanol–water partition coefficient (Wildman–Crippen LogP) is 3.80. The third-order valence-electron chi connectivity index (χ3n) is 6.51. The maximum Gasteiger partial charge on any atom is 0.236 e. The van der Waals surface area contributed by atoms with Gasteiger partial charge in [0.25, 0.3) is 0 Å². The fourth-order valence-corrected chi connectivity index (χ4v) is 5.88. The van der Waals surface area contributed by atoms with E-state index in [0.717, 1.165) is 48.5 Å². The fraction of sp³-hybridized carbons (Fsp3) is 0.500. The van der Waals surface area contributed by atoms with E-state index in [1.54, 1.807) is 12.1 Å². The molecule has 0 amide bonds. The fourth-order valence-electron chi connectivity index (χ4n) is 4.77. The van der Waals surface area contributed by atoms with Gasteiger partial charge in [0.15, 0.2) is 5.94 Å². The second-order valence-corrected chi connectivity index (χ2v) is 10.5. The van der Waals surface area contributed by atoms with Crippen LogP contribution in [0.2, 0.25) is 0 Å². The minimum Gasteiger partial charge on any atom is -0.367 e. The van der Waals surface area contributed by atoms with Gasteiger partial charge in [-0.05, 0) is 60.4 Å². The summed E-state index contributed by atoms with van der Waals surface area (Å²) in [6.45, 7) is 1.92. The molecule has 4 rings (SSSR count). The Morgan fingerprint density at radius 2 is 1.84 bits per heavy atom. The Balaban J connectivity index is 1.54. The van der Waals surface area contributed by atoms with Gasteiger partial charge in [0.1, 0.15) is 5.82 Å². The number of hydrogen-bond donors (Lipinski definition) is 1. The van der Waals surface area contributed by atoms with Crippen molar-refractivity contribution in [2.24, 2.45) is 5.92 Å². The van der Waals surface area contributed by atoms with Crippen molar-refractivity contribution in [2.75, 3.05) is 26.1 Å². The van der Waals surface area contributed by atoms with Crippen LogP contribution in [0.5, 0.6) is 0 Å². The number of halogens is 1. The van der Waals surface area contributed by atoms with Gasteiger partial charge in [0, 0.05) is 32.3 Å². The van der Waals surface area contributed by atoms with Gasteiger partial charge in [0.2, 0.25) is 10.0 Å². The first-order valence-corrected chi connectivity index (χ1v) is 12.7. The number of rotatable bonds is 9. The summed E-state index contributed by atoms with van der Waals surface area (Å²) in [5, 5.41) is 0. The number of nitrogens with one attached hydrogen (secondary N) is 1. The van der Waals surface area contributed by atoms with Gasteiger partial charge in [0.05, 0.1) is 0 Å². The quantitative estimate of drug-likeness (QED) is 0.637. The van der Waals surface area contributed by atoms with E-state index in [9.17, 15) is 12.8 Å². The van der Waals surface area contributed by atoms with Crippen molar-refractivity contribution < 1.29 is 17.5 Å². The molecular weight excluding hydrogens is 415 g/mol. The smallest absolute Gasteiger partial charge is 0.236 e. The normalized spacial score (nSPS) is 22.5. The van der Waals surface area contributed by atoms with Crippen molar-refractivity contribution in [3.63, 3.8) is 0 Å². The van der Waals surface area contributed by atoms with Crippen LogP contribution in [0, 0.1) is 11.7 Å². The van der Waals surface area contributed by atoms with Gasteiger partial charge in [-0.1, -0.05) is 42.8 Å². The average molecular weight is 447 g/mol. The Labute approximate surface area is 184 Å². The molecule has 2 fully saturated rings. The maximum atomic E-state index is 13.7. The molecule has 2 aromatic rings. The lowest BCUT2D eigenvalue weighted by molar-refractivity contribution is 0.159. The first kappa shape index (κ1) is 22.4. The molecule has 1 aliphatic carbocycles. The highest BCUT2D eigenvalue weighted by Crippen LogP contribution is 2.32. The van der Waals surface area contributed by atoms with E-state index in [-0.39, 0.29) is 23.8 Å². The van der Waals surface area contributed by atoms with Gasteiger partial charge in [-0.3, -0.25) is 4.90 Å². The second-order valence-electron chi connectivity index (χ2n) is 8.81. The molecule has 7 heteroatoms. The highest BCUT2D eigenvalue weighted by molar-refractivity contribution is 7.89. The zero-order valence-electron chi connectivity index (χ0n) is 18.0. The number of likely N-dealkylation sites (tertiary alicyclic amines) is 1. The molecule has 1 N–H and O–H groups in total. The van der Waals surface area contributed by atoms with Crippen molar-refractivity contribution in [3.05, 3.63) is 59.9 Å². The van der Waals surface area contributed by atoms with Crippen LogP contribution in [0.3, 0.4) is 0 Å². The van der Waals surface area contributed by atoms with Crippen LogP contribution in [0.1, 0.15) is 31.2 Å². The van der Waals surface area contributed by atoms with E-state index in [1.807, 2.05) is 18.2 Å². The predicted molar refractivity (Wildman–Crippen MR) is 121 cm³/mol. The number of methoxy groups -OCH3 is 1. The lowest BCUT2D eigenvalue weighted by atomic mass is 9.85. The zero-order chi connectivity index (χ0) is 21.8. The first-order chi connectivity index (χ1) is 14.9. The Morgan fingerprint density at radius 1 is 1.10 bits per heavy atom. The summed E-state index contributed by atoms with van der Waals surface area (Å²) in [6.07, 6.45) is 5.36.